The molecule has 6 N–H and O–H groups in total. The van der Waals surface area contributed by atoms with Gasteiger partial charge < -0.3 is 31.2 Å². The molecule has 1 aromatic carbocycles. The van der Waals surface area contributed by atoms with Crippen LogP contribution in [0.4, 0.5) is 0 Å². The fraction of sp³-hybridized carbons (Fsp3) is 0.318. The normalized spacial score (nSPS) is 15.5. The minimum Gasteiger partial charge on any atom is -0.497 e. The zero-order valence-corrected chi connectivity index (χ0v) is 17.7. The van der Waals surface area contributed by atoms with E-state index in [4.69, 9.17) is 26.4 Å². The van der Waals surface area contributed by atoms with Crippen LogP contribution in [0.2, 0.25) is 0 Å². The standard InChI is InChI=1S/C22H25N5O4/c1-4-5-19(28)27-9-8-15(13-27)26-18(20(21(23)24)22(25)29)7-6-14-10-16(30-2)12-17(11-14)31-3/h10-12,15,26H,8-9,13H2,1-3H3,(H3,23,24)(H2,25,29)/t15-/m0/s1. The number of allylic oxidation sites excluding steroid dienone is 1. The Morgan fingerprint density at radius 1 is 1.16 bits per heavy atom. The molecule has 0 bridgehead atoms. The number of likely N-dealkylation sites (tertiary alicyclic amines) is 1. The lowest BCUT2D eigenvalue weighted by molar-refractivity contribution is -0.124. The Hall–Kier alpha value is -4.11. The number of amides is 2. The van der Waals surface area contributed by atoms with E-state index in [0.717, 1.165) is 0 Å². The highest BCUT2D eigenvalue weighted by atomic mass is 16.5. The van der Waals surface area contributed by atoms with Crippen LogP contribution in [0.15, 0.2) is 29.5 Å². The second kappa shape index (κ2) is 10.6. The molecule has 1 aliphatic rings. The summed E-state index contributed by atoms with van der Waals surface area (Å²) in [6, 6.07) is 4.89. The fourth-order valence-electron chi connectivity index (χ4n) is 3.03. The summed E-state index contributed by atoms with van der Waals surface area (Å²) in [4.78, 5) is 25.5. The molecule has 31 heavy (non-hydrogen) atoms. The first-order chi connectivity index (χ1) is 14.8. The third-order valence-electron chi connectivity index (χ3n) is 4.50. The Morgan fingerprint density at radius 3 is 2.32 bits per heavy atom. The van der Waals surface area contributed by atoms with Crippen LogP contribution < -0.4 is 26.3 Å². The van der Waals surface area contributed by atoms with Gasteiger partial charge in [-0.2, -0.15) is 0 Å². The molecule has 9 nitrogen and oxygen atoms in total. The first kappa shape index (κ1) is 23.2. The van der Waals surface area contributed by atoms with E-state index in [1.54, 1.807) is 30.0 Å². The molecule has 9 heteroatoms. The maximum atomic E-state index is 12.0. The maximum absolute atomic E-state index is 12.0. The van der Waals surface area contributed by atoms with E-state index in [9.17, 15) is 9.59 Å². The molecule has 0 saturated carbocycles. The molecule has 1 aromatic rings. The van der Waals surface area contributed by atoms with E-state index < -0.39 is 11.7 Å². The fourth-order valence-corrected chi connectivity index (χ4v) is 3.03. The summed E-state index contributed by atoms with van der Waals surface area (Å²) in [5, 5.41) is 10.9. The lowest BCUT2D eigenvalue weighted by Crippen LogP contribution is -2.37. The van der Waals surface area contributed by atoms with Gasteiger partial charge in [0.25, 0.3) is 11.8 Å². The minimum atomic E-state index is -0.879. The van der Waals surface area contributed by atoms with E-state index in [1.165, 1.54) is 14.2 Å². The highest BCUT2D eigenvalue weighted by Crippen LogP contribution is 2.22. The SMILES string of the molecule is CC#CC(=O)N1CC[C@H](NC(C#Cc2cc(OC)cc(OC)c2)=C(C(=N)N)C(N)=O)C1. The van der Waals surface area contributed by atoms with Crippen molar-refractivity contribution in [3.63, 3.8) is 0 Å². The third-order valence-corrected chi connectivity index (χ3v) is 4.50. The molecule has 1 atom stereocenters. The maximum Gasteiger partial charge on any atom is 0.298 e. The first-order valence-electron chi connectivity index (χ1n) is 9.40. The van der Waals surface area contributed by atoms with Gasteiger partial charge in [0.2, 0.25) is 0 Å². The van der Waals surface area contributed by atoms with Gasteiger partial charge in [0.15, 0.2) is 0 Å². The number of hydrogen-bond donors (Lipinski definition) is 4. The summed E-state index contributed by atoms with van der Waals surface area (Å²) in [5.74, 6) is 10.3. The number of hydrogen-bond acceptors (Lipinski definition) is 6. The molecule has 1 fully saturated rings. The number of nitrogens with zero attached hydrogens (tertiary/aromatic N) is 1. The van der Waals surface area contributed by atoms with Crippen LogP contribution in [-0.2, 0) is 9.59 Å². The van der Waals surface area contributed by atoms with E-state index in [-0.39, 0.29) is 23.2 Å². The average Bonchev–Trinajstić information content (AvgIpc) is 3.20. The van der Waals surface area contributed by atoms with Crippen LogP contribution in [0, 0.1) is 29.1 Å². The first-order valence-corrected chi connectivity index (χ1v) is 9.40. The quantitative estimate of drug-likeness (QED) is 0.218. The molecule has 0 spiro atoms. The number of amidine groups is 1. The molecular formula is C22H25N5O4. The van der Waals surface area contributed by atoms with Crippen LogP contribution in [0.5, 0.6) is 11.5 Å². The lowest BCUT2D eigenvalue weighted by Gasteiger charge is -2.17. The van der Waals surface area contributed by atoms with E-state index in [1.807, 2.05) is 0 Å². The summed E-state index contributed by atoms with van der Waals surface area (Å²) in [6.45, 7) is 2.47. The average molecular weight is 423 g/mol. The van der Waals surface area contributed by atoms with Crippen molar-refractivity contribution in [3.05, 3.63) is 35.0 Å². The molecule has 1 saturated heterocycles. The Balaban J connectivity index is 2.39. The number of carbonyl (C=O) groups is 2. The van der Waals surface area contributed by atoms with Crippen molar-refractivity contribution < 1.29 is 19.1 Å². The van der Waals surface area contributed by atoms with Crippen molar-refractivity contribution in [2.45, 2.75) is 19.4 Å². The van der Waals surface area contributed by atoms with Gasteiger partial charge in [-0.15, -0.1) is 0 Å². The van der Waals surface area contributed by atoms with Crippen molar-refractivity contribution in [3.8, 4) is 35.2 Å². The highest BCUT2D eigenvalue weighted by molar-refractivity contribution is 6.19. The molecule has 0 unspecified atom stereocenters. The predicted octanol–water partition coefficient (Wildman–Crippen LogP) is -0.0555. The largest absolute Gasteiger partial charge is 0.497 e. The van der Waals surface area contributed by atoms with Crippen molar-refractivity contribution in [1.29, 1.82) is 5.41 Å². The number of ether oxygens (including phenoxy) is 2. The smallest absolute Gasteiger partial charge is 0.298 e. The summed E-state index contributed by atoms with van der Waals surface area (Å²) in [7, 11) is 3.05. The van der Waals surface area contributed by atoms with Crippen molar-refractivity contribution in [1.82, 2.24) is 10.2 Å². The topological polar surface area (TPSA) is 144 Å². The van der Waals surface area contributed by atoms with E-state index in [2.05, 4.69) is 29.0 Å². The number of benzene rings is 1. The van der Waals surface area contributed by atoms with Crippen LogP contribution in [-0.4, -0.2) is 55.9 Å². The van der Waals surface area contributed by atoms with Crippen LogP contribution in [0.1, 0.15) is 18.9 Å². The number of nitrogens with two attached hydrogens (primary N) is 2. The summed E-state index contributed by atoms with van der Waals surface area (Å²) in [5.41, 5.74) is 11.5. The Bertz CT molecular complexity index is 1000. The van der Waals surface area contributed by atoms with Crippen molar-refractivity contribution >= 4 is 17.6 Å². The minimum absolute atomic E-state index is 0.114. The molecule has 0 radical (unpaired) electrons. The zero-order chi connectivity index (χ0) is 23.0. The second-order valence-electron chi connectivity index (χ2n) is 6.64. The Morgan fingerprint density at radius 2 is 1.81 bits per heavy atom. The van der Waals surface area contributed by atoms with Crippen LogP contribution in [0.25, 0.3) is 0 Å². The Kier molecular flexibility index (Phi) is 7.93. The monoisotopic (exact) mass is 423 g/mol. The highest BCUT2D eigenvalue weighted by Gasteiger charge is 2.27. The van der Waals surface area contributed by atoms with Crippen LogP contribution in [0.3, 0.4) is 0 Å². The summed E-state index contributed by atoms with van der Waals surface area (Å²) >= 11 is 0. The van der Waals surface area contributed by atoms with Crippen molar-refractivity contribution in [2.75, 3.05) is 27.3 Å². The zero-order valence-electron chi connectivity index (χ0n) is 17.7. The molecule has 1 heterocycles. The molecule has 1 aliphatic heterocycles. The van der Waals surface area contributed by atoms with Gasteiger partial charge in [-0.1, -0.05) is 11.8 Å². The van der Waals surface area contributed by atoms with Crippen LogP contribution >= 0.6 is 0 Å². The van der Waals surface area contributed by atoms with Gasteiger partial charge >= 0.3 is 0 Å². The van der Waals surface area contributed by atoms with Gasteiger partial charge in [-0.25, -0.2) is 0 Å². The lowest BCUT2D eigenvalue weighted by atomic mass is 10.1. The van der Waals surface area contributed by atoms with E-state index in [0.29, 0.717) is 36.6 Å². The van der Waals surface area contributed by atoms with E-state index >= 15 is 0 Å². The number of methoxy groups -OCH3 is 2. The molecule has 2 amide bonds. The van der Waals surface area contributed by atoms with Gasteiger partial charge in [0, 0.05) is 30.8 Å². The van der Waals surface area contributed by atoms with Gasteiger partial charge in [-0.05, 0) is 37.3 Å². The number of rotatable bonds is 6. The number of carbonyl (C=O) groups excluding carboxylic acids is 2. The number of primary amides is 1. The number of nitrogens with one attached hydrogen (secondary N) is 2. The van der Waals surface area contributed by atoms with Gasteiger partial charge in [-0.3, -0.25) is 15.0 Å². The molecule has 0 aliphatic carbocycles. The molecule has 2 rings (SSSR count). The Labute approximate surface area is 181 Å². The predicted molar refractivity (Wildman–Crippen MR) is 116 cm³/mol. The van der Waals surface area contributed by atoms with Crippen molar-refractivity contribution in [2.24, 2.45) is 11.5 Å². The van der Waals surface area contributed by atoms with Gasteiger partial charge in [0.1, 0.15) is 28.6 Å². The third kappa shape index (κ3) is 6.18. The molecule has 162 valence electrons. The summed E-state index contributed by atoms with van der Waals surface area (Å²) < 4.78 is 10.5. The molecular weight excluding hydrogens is 398 g/mol. The molecule has 0 aromatic heterocycles. The summed E-state index contributed by atoms with van der Waals surface area (Å²) in [6.07, 6.45) is 0.610. The second-order valence-corrected chi connectivity index (χ2v) is 6.64. The van der Waals surface area contributed by atoms with Gasteiger partial charge in [0.05, 0.1) is 14.2 Å².